The molecule has 0 aliphatic carbocycles. The molecule has 96 valence electrons. The van der Waals surface area contributed by atoms with Crippen LogP contribution < -0.4 is 4.90 Å². The zero-order valence-electron chi connectivity index (χ0n) is 10.7. The van der Waals surface area contributed by atoms with Gasteiger partial charge in [-0.05, 0) is 43.0 Å². The van der Waals surface area contributed by atoms with E-state index in [2.05, 4.69) is 23.7 Å². The van der Waals surface area contributed by atoms with Gasteiger partial charge in [0.15, 0.2) is 0 Å². The van der Waals surface area contributed by atoms with Crippen LogP contribution in [0.4, 0.5) is 5.82 Å². The second kappa shape index (κ2) is 5.21. The number of carbonyl (C=O) groups is 1. The summed E-state index contributed by atoms with van der Waals surface area (Å²) in [5.74, 6) is 0.730. The van der Waals surface area contributed by atoms with Gasteiger partial charge < -0.3 is 10.0 Å². The third-order valence-electron chi connectivity index (χ3n) is 3.27. The molecule has 1 aliphatic heterocycles. The molecule has 2 unspecified atom stereocenters. The van der Waals surface area contributed by atoms with Crippen LogP contribution in [0.15, 0.2) is 24.4 Å². The van der Waals surface area contributed by atoms with Crippen molar-refractivity contribution < 1.29 is 9.90 Å². The first-order chi connectivity index (χ1) is 8.56. The van der Waals surface area contributed by atoms with Gasteiger partial charge in [0.1, 0.15) is 5.82 Å². The molecule has 4 nitrogen and oxygen atoms in total. The zero-order valence-corrected chi connectivity index (χ0v) is 10.7. The van der Waals surface area contributed by atoms with Crippen molar-refractivity contribution in [1.29, 1.82) is 0 Å². The number of rotatable bonds is 3. The average Bonchev–Trinajstić information content (AvgIpc) is 2.66. The molecule has 1 fully saturated rings. The second-order valence-electron chi connectivity index (χ2n) is 4.96. The molecule has 1 aromatic heterocycles. The molecular weight excluding hydrogens is 228 g/mol. The Balaban J connectivity index is 2.10. The van der Waals surface area contributed by atoms with E-state index in [1.807, 2.05) is 12.1 Å². The van der Waals surface area contributed by atoms with Crippen LogP contribution in [0, 0.1) is 5.92 Å². The molecule has 2 atom stereocenters. The molecule has 0 radical (unpaired) electrons. The first-order valence-electron chi connectivity index (χ1n) is 6.20. The first-order valence-corrected chi connectivity index (χ1v) is 6.20. The lowest BCUT2D eigenvalue weighted by atomic mass is 10.1. The van der Waals surface area contributed by atoms with Gasteiger partial charge in [0.05, 0.1) is 0 Å². The van der Waals surface area contributed by atoms with Crippen LogP contribution in [-0.2, 0) is 4.79 Å². The lowest BCUT2D eigenvalue weighted by molar-refractivity contribution is -0.131. The summed E-state index contributed by atoms with van der Waals surface area (Å²) in [7, 11) is 0. The van der Waals surface area contributed by atoms with Gasteiger partial charge in [0.25, 0.3) is 0 Å². The fraction of sp³-hybridized carbons (Fsp3) is 0.429. The van der Waals surface area contributed by atoms with Gasteiger partial charge in [-0.15, -0.1) is 0 Å². The third-order valence-corrected chi connectivity index (χ3v) is 3.27. The summed E-state index contributed by atoms with van der Waals surface area (Å²) in [6.45, 7) is 5.50. The summed E-state index contributed by atoms with van der Waals surface area (Å²) < 4.78 is 0. The molecule has 2 heterocycles. The summed E-state index contributed by atoms with van der Waals surface area (Å²) >= 11 is 0. The number of carboxylic acid groups (broad SMARTS) is 1. The van der Waals surface area contributed by atoms with Crippen LogP contribution in [0.25, 0.3) is 6.08 Å². The molecule has 1 saturated heterocycles. The molecule has 0 saturated carbocycles. The standard InChI is InChI=1S/C14H18N2O2/c1-10-7-11(2)16(9-10)13-5-3-12(8-15-13)4-6-14(17)18/h3-6,8,10-11H,7,9H2,1-2H3,(H,17,18)/b6-4+. The third kappa shape index (κ3) is 2.88. The second-order valence-corrected chi connectivity index (χ2v) is 4.96. The lowest BCUT2D eigenvalue weighted by Crippen LogP contribution is -2.27. The molecule has 0 bridgehead atoms. The number of aliphatic carboxylic acids is 1. The molecule has 18 heavy (non-hydrogen) atoms. The average molecular weight is 246 g/mol. The predicted octanol–water partition coefficient (Wildman–Crippen LogP) is 2.41. The van der Waals surface area contributed by atoms with Crippen molar-refractivity contribution >= 4 is 17.9 Å². The Morgan fingerprint density at radius 3 is 2.78 bits per heavy atom. The van der Waals surface area contributed by atoms with Gasteiger partial charge >= 0.3 is 5.97 Å². The zero-order chi connectivity index (χ0) is 13.1. The van der Waals surface area contributed by atoms with E-state index in [1.54, 1.807) is 12.3 Å². The molecule has 0 spiro atoms. The van der Waals surface area contributed by atoms with E-state index in [9.17, 15) is 4.79 Å². The van der Waals surface area contributed by atoms with Crippen LogP contribution in [0.2, 0.25) is 0 Å². The highest BCUT2D eigenvalue weighted by Crippen LogP contribution is 2.27. The summed E-state index contributed by atoms with van der Waals surface area (Å²) in [5, 5.41) is 8.55. The summed E-state index contributed by atoms with van der Waals surface area (Å²) in [4.78, 5) is 17.1. The van der Waals surface area contributed by atoms with Gasteiger partial charge in [0, 0.05) is 24.9 Å². The van der Waals surface area contributed by atoms with Crippen molar-refractivity contribution in [3.05, 3.63) is 30.0 Å². The van der Waals surface area contributed by atoms with E-state index >= 15 is 0 Å². The number of hydrogen-bond donors (Lipinski definition) is 1. The van der Waals surface area contributed by atoms with E-state index in [0.717, 1.165) is 24.0 Å². The molecule has 4 heteroatoms. The number of pyridine rings is 1. The van der Waals surface area contributed by atoms with Crippen LogP contribution >= 0.6 is 0 Å². The SMILES string of the molecule is CC1CC(C)N(c2ccc(/C=C/C(=O)O)cn2)C1. The van der Waals surface area contributed by atoms with Gasteiger partial charge in [-0.25, -0.2) is 9.78 Å². The minimum absolute atomic E-state index is 0.521. The van der Waals surface area contributed by atoms with Crippen molar-refractivity contribution in [2.45, 2.75) is 26.3 Å². The summed E-state index contributed by atoms with van der Waals surface area (Å²) in [6, 6.07) is 4.38. The molecule has 0 aromatic carbocycles. The van der Waals surface area contributed by atoms with E-state index in [-0.39, 0.29) is 0 Å². The van der Waals surface area contributed by atoms with Crippen LogP contribution in [-0.4, -0.2) is 28.6 Å². The van der Waals surface area contributed by atoms with Crippen molar-refractivity contribution in [2.75, 3.05) is 11.4 Å². The largest absolute Gasteiger partial charge is 0.478 e. The minimum Gasteiger partial charge on any atom is -0.478 e. The Hall–Kier alpha value is -1.84. The van der Waals surface area contributed by atoms with Crippen molar-refractivity contribution in [3.8, 4) is 0 Å². The molecule has 1 aromatic rings. The highest BCUT2D eigenvalue weighted by Gasteiger charge is 2.26. The van der Waals surface area contributed by atoms with Crippen LogP contribution in [0.5, 0.6) is 0 Å². The lowest BCUT2D eigenvalue weighted by Gasteiger charge is -2.22. The van der Waals surface area contributed by atoms with E-state index in [4.69, 9.17) is 5.11 Å². The fourth-order valence-corrected chi connectivity index (χ4v) is 2.45. The number of aromatic nitrogens is 1. The predicted molar refractivity (Wildman–Crippen MR) is 71.5 cm³/mol. The quantitative estimate of drug-likeness (QED) is 0.832. The fourth-order valence-electron chi connectivity index (χ4n) is 2.45. The maximum absolute atomic E-state index is 10.4. The number of hydrogen-bond acceptors (Lipinski definition) is 3. The maximum Gasteiger partial charge on any atom is 0.328 e. The van der Waals surface area contributed by atoms with Gasteiger partial charge in [-0.1, -0.05) is 6.92 Å². The topological polar surface area (TPSA) is 53.4 Å². The Morgan fingerprint density at radius 2 is 2.28 bits per heavy atom. The first kappa shape index (κ1) is 12.6. The Morgan fingerprint density at radius 1 is 1.50 bits per heavy atom. The molecular formula is C14H18N2O2. The molecule has 1 aliphatic rings. The Labute approximate surface area is 107 Å². The normalized spacial score (nSPS) is 23.8. The Bertz CT molecular complexity index is 453. The van der Waals surface area contributed by atoms with Crippen molar-refractivity contribution in [3.63, 3.8) is 0 Å². The highest BCUT2D eigenvalue weighted by molar-refractivity contribution is 5.85. The van der Waals surface area contributed by atoms with E-state index in [0.29, 0.717) is 12.0 Å². The molecule has 0 amide bonds. The molecule has 2 rings (SSSR count). The maximum atomic E-state index is 10.4. The van der Waals surface area contributed by atoms with Crippen LogP contribution in [0.3, 0.4) is 0 Å². The number of nitrogens with zero attached hydrogens (tertiary/aromatic N) is 2. The van der Waals surface area contributed by atoms with Crippen LogP contribution in [0.1, 0.15) is 25.8 Å². The molecule has 1 N–H and O–H groups in total. The summed E-state index contributed by atoms with van der Waals surface area (Å²) in [5.41, 5.74) is 0.807. The summed E-state index contributed by atoms with van der Waals surface area (Å²) in [6.07, 6.45) is 5.58. The van der Waals surface area contributed by atoms with Gasteiger partial charge in [-0.3, -0.25) is 0 Å². The van der Waals surface area contributed by atoms with Crippen molar-refractivity contribution in [1.82, 2.24) is 4.98 Å². The van der Waals surface area contributed by atoms with E-state index in [1.165, 1.54) is 6.42 Å². The monoisotopic (exact) mass is 246 g/mol. The number of carboxylic acids is 1. The van der Waals surface area contributed by atoms with Crippen molar-refractivity contribution in [2.24, 2.45) is 5.92 Å². The highest BCUT2D eigenvalue weighted by atomic mass is 16.4. The smallest absolute Gasteiger partial charge is 0.328 e. The Kier molecular flexibility index (Phi) is 3.65. The minimum atomic E-state index is -0.943. The van der Waals surface area contributed by atoms with E-state index < -0.39 is 5.97 Å². The number of anilines is 1. The van der Waals surface area contributed by atoms with Gasteiger partial charge in [-0.2, -0.15) is 0 Å². The van der Waals surface area contributed by atoms with Gasteiger partial charge in [0.2, 0.25) is 0 Å².